The Morgan fingerprint density at radius 2 is 1.96 bits per heavy atom. The van der Waals surface area contributed by atoms with E-state index in [9.17, 15) is 5.26 Å². The smallest absolute Gasteiger partial charge is 0.136 e. The van der Waals surface area contributed by atoms with E-state index in [0.717, 1.165) is 28.4 Å². The Hall–Kier alpha value is -2.90. The molecule has 0 spiro atoms. The number of hydrogen-bond donors (Lipinski definition) is 1. The summed E-state index contributed by atoms with van der Waals surface area (Å²) in [7, 11) is 0. The fraction of sp³-hybridized carbons (Fsp3) is 0.143. The van der Waals surface area contributed by atoms with Gasteiger partial charge in [-0.05, 0) is 25.0 Å². The van der Waals surface area contributed by atoms with Crippen molar-refractivity contribution in [2.75, 3.05) is 5.32 Å². The summed E-state index contributed by atoms with van der Waals surface area (Å²) in [4.78, 5) is 4.62. The van der Waals surface area contributed by atoms with Crippen LogP contribution in [0.4, 0.5) is 5.69 Å². The first-order valence-corrected chi connectivity index (χ1v) is 9.07. The van der Waals surface area contributed by atoms with Gasteiger partial charge in [-0.2, -0.15) is 5.26 Å². The summed E-state index contributed by atoms with van der Waals surface area (Å²) in [5.74, 6) is 0. The molecule has 0 atom stereocenters. The summed E-state index contributed by atoms with van der Waals surface area (Å²) < 4.78 is 0. The van der Waals surface area contributed by atoms with Gasteiger partial charge >= 0.3 is 0 Å². The highest BCUT2D eigenvalue weighted by Gasteiger charge is 2.09. The van der Waals surface area contributed by atoms with Crippen molar-refractivity contribution in [2.24, 2.45) is 0 Å². The number of aryl methyl sites for hydroxylation is 2. The third-order valence-electron chi connectivity index (χ3n) is 3.97. The lowest BCUT2D eigenvalue weighted by Crippen LogP contribution is -1.95. The molecular formula is C21H19N3S. The van der Waals surface area contributed by atoms with Gasteiger partial charge in [-0.3, -0.25) is 0 Å². The Bertz CT molecular complexity index is 930. The molecule has 0 aliphatic heterocycles. The second-order valence-corrected chi connectivity index (χ2v) is 6.59. The molecule has 124 valence electrons. The van der Waals surface area contributed by atoms with Crippen LogP contribution in [-0.2, 0) is 6.42 Å². The highest BCUT2D eigenvalue weighted by Crippen LogP contribution is 2.26. The van der Waals surface area contributed by atoms with Crippen molar-refractivity contribution in [1.82, 2.24) is 4.98 Å². The molecule has 0 saturated carbocycles. The van der Waals surface area contributed by atoms with E-state index in [1.165, 1.54) is 22.5 Å². The number of anilines is 1. The highest BCUT2D eigenvalue weighted by atomic mass is 32.1. The molecule has 3 nitrogen and oxygen atoms in total. The molecule has 3 aromatic rings. The maximum Gasteiger partial charge on any atom is 0.136 e. The predicted octanol–water partition coefficient (Wildman–Crippen LogP) is 5.66. The summed E-state index contributed by atoms with van der Waals surface area (Å²) in [6.07, 6.45) is 2.68. The SMILES string of the molecule is CCc1ccccc1N/C=C(/C#N)c1nc(-c2ccc(C)cc2)cs1. The molecule has 1 aromatic heterocycles. The Labute approximate surface area is 152 Å². The summed E-state index contributed by atoms with van der Waals surface area (Å²) in [5, 5.41) is 15.5. The molecule has 0 aliphatic rings. The van der Waals surface area contributed by atoms with Crippen LogP contribution in [0.5, 0.6) is 0 Å². The van der Waals surface area contributed by atoms with E-state index < -0.39 is 0 Å². The number of thiazole rings is 1. The van der Waals surface area contributed by atoms with Crippen molar-refractivity contribution in [2.45, 2.75) is 20.3 Å². The fourth-order valence-electron chi connectivity index (χ4n) is 2.52. The molecule has 1 heterocycles. The minimum absolute atomic E-state index is 0.536. The van der Waals surface area contributed by atoms with Crippen molar-refractivity contribution in [3.05, 3.63) is 76.2 Å². The minimum Gasteiger partial charge on any atom is -0.360 e. The monoisotopic (exact) mass is 345 g/mol. The van der Waals surface area contributed by atoms with Gasteiger partial charge in [0.05, 0.1) is 5.69 Å². The zero-order valence-corrected chi connectivity index (χ0v) is 15.1. The van der Waals surface area contributed by atoms with Crippen molar-refractivity contribution in [3.8, 4) is 17.3 Å². The van der Waals surface area contributed by atoms with Gasteiger partial charge in [0.15, 0.2) is 0 Å². The van der Waals surface area contributed by atoms with Crippen LogP contribution in [0.2, 0.25) is 0 Å². The zero-order chi connectivity index (χ0) is 17.6. The lowest BCUT2D eigenvalue weighted by atomic mass is 10.1. The number of aromatic nitrogens is 1. The number of nitrogens with zero attached hydrogens (tertiary/aromatic N) is 2. The molecule has 0 fully saturated rings. The summed E-state index contributed by atoms with van der Waals surface area (Å²) in [6, 6.07) is 18.6. The second kappa shape index (κ2) is 7.78. The Balaban J connectivity index is 1.84. The molecule has 0 amide bonds. The number of allylic oxidation sites excluding steroid dienone is 1. The van der Waals surface area contributed by atoms with Crippen molar-refractivity contribution in [3.63, 3.8) is 0 Å². The van der Waals surface area contributed by atoms with Crippen molar-refractivity contribution >= 4 is 22.6 Å². The van der Waals surface area contributed by atoms with Crippen LogP contribution in [0.25, 0.3) is 16.8 Å². The van der Waals surface area contributed by atoms with Gasteiger partial charge < -0.3 is 5.32 Å². The average Bonchev–Trinajstić information content (AvgIpc) is 3.13. The number of hydrogen-bond acceptors (Lipinski definition) is 4. The molecule has 0 aliphatic carbocycles. The fourth-order valence-corrected chi connectivity index (χ4v) is 3.31. The molecule has 3 rings (SSSR count). The molecule has 1 N–H and O–H groups in total. The lowest BCUT2D eigenvalue weighted by Gasteiger charge is -2.07. The van der Waals surface area contributed by atoms with Crippen molar-refractivity contribution in [1.29, 1.82) is 5.26 Å². The van der Waals surface area contributed by atoms with Crippen LogP contribution in [0, 0.1) is 18.3 Å². The largest absolute Gasteiger partial charge is 0.360 e. The van der Waals surface area contributed by atoms with E-state index in [4.69, 9.17) is 0 Å². The van der Waals surface area contributed by atoms with Crippen LogP contribution in [0.15, 0.2) is 60.1 Å². The molecule has 4 heteroatoms. The Morgan fingerprint density at radius 3 is 2.68 bits per heavy atom. The number of para-hydroxylation sites is 1. The topological polar surface area (TPSA) is 48.7 Å². The van der Waals surface area contributed by atoms with E-state index in [1.807, 2.05) is 23.6 Å². The standard InChI is InChI=1S/C21H19N3S/c1-3-16-6-4-5-7-19(16)23-13-18(12-22)21-24-20(14-25-21)17-10-8-15(2)9-11-17/h4-11,13-14,23H,3H2,1-2H3/b18-13-. The van der Waals surface area contributed by atoms with Gasteiger partial charge in [-0.15, -0.1) is 11.3 Å². The minimum atomic E-state index is 0.536. The van der Waals surface area contributed by atoms with E-state index in [1.54, 1.807) is 6.20 Å². The maximum atomic E-state index is 9.51. The third kappa shape index (κ3) is 3.96. The van der Waals surface area contributed by atoms with Gasteiger partial charge in [0.25, 0.3) is 0 Å². The number of rotatable bonds is 5. The Morgan fingerprint density at radius 1 is 1.20 bits per heavy atom. The van der Waals surface area contributed by atoms with E-state index in [0.29, 0.717) is 5.57 Å². The molecular weight excluding hydrogens is 326 g/mol. The van der Waals surface area contributed by atoms with Crippen LogP contribution in [0.3, 0.4) is 0 Å². The van der Waals surface area contributed by atoms with E-state index in [-0.39, 0.29) is 0 Å². The molecule has 2 aromatic carbocycles. The summed E-state index contributed by atoms with van der Waals surface area (Å²) >= 11 is 1.48. The van der Waals surface area contributed by atoms with Gasteiger partial charge in [-0.25, -0.2) is 4.98 Å². The van der Waals surface area contributed by atoms with Gasteiger partial charge in [0.2, 0.25) is 0 Å². The van der Waals surface area contributed by atoms with E-state index in [2.05, 4.69) is 60.5 Å². The first kappa shape index (κ1) is 16.9. The average molecular weight is 345 g/mol. The first-order chi connectivity index (χ1) is 12.2. The van der Waals surface area contributed by atoms with Crippen LogP contribution in [0.1, 0.15) is 23.1 Å². The quantitative estimate of drug-likeness (QED) is 0.607. The predicted molar refractivity (Wildman–Crippen MR) is 105 cm³/mol. The van der Waals surface area contributed by atoms with Crippen molar-refractivity contribution < 1.29 is 0 Å². The number of nitriles is 1. The highest BCUT2D eigenvalue weighted by molar-refractivity contribution is 7.11. The normalized spacial score (nSPS) is 11.2. The second-order valence-electron chi connectivity index (χ2n) is 5.73. The molecule has 25 heavy (non-hydrogen) atoms. The first-order valence-electron chi connectivity index (χ1n) is 8.19. The number of benzene rings is 2. The van der Waals surface area contributed by atoms with Crippen LogP contribution < -0.4 is 5.32 Å². The molecule has 0 bridgehead atoms. The van der Waals surface area contributed by atoms with Gasteiger partial charge in [0.1, 0.15) is 16.6 Å². The van der Waals surface area contributed by atoms with E-state index >= 15 is 0 Å². The number of nitrogens with one attached hydrogen (secondary N) is 1. The van der Waals surface area contributed by atoms with Crippen LogP contribution >= 0.6 is 11.3 Å². The lowest BCUT2D eigenvalue weighted by molar-refractivity contribution is 1.14. The molecule has 0 radical (unpaired) electrons. The van der Waals surface area contributed by atoms with Gasteiger partial charge in [0, 0.05) is 22.8 Å². The zero-order valence-electron chi connectivity index (χ0n) is 14.3. The van der Waals surface area contributed by atoms with Gasteiger partial charge in [-0.1, -0.05) is 55.0 Å². The molecule has 0 saturated heterocycles. The summed E-state index contributed by atoms with van der Waals surface area (Å²) in [5.41, 5.74) is 5.96. The maximum absolute atomic E-state index is 9.51. The third-order valence-corrected chi connectivity index (χ3v) is 4.85. The molecule has 0 unspecified atom stereocenters. The summed E-state index contributed by atoms with van der Waals surface area (Å²) in [6.45, 7) is 4.18. The Kier molecular flexibility index (Phi) is 5.27. The van der Waals surface area contributed by atoms with Crippen LogP contribution in [-0.4, -0.2) is 4.98 Å².